The lowest BCUT2D eigenvalue weighted by molar-refractivity contribution is -0.133. The third-order valence-corrected chi connectivity index (χ3v) is 4.15. The molecule has 2 heterocycles. The number of hydrogen-bond acceptors (Lipinski definition) is 3. The molecule has 1 atom stereocenters. The van der Waals surface area contributed by atoms with Crippen molar-refractivity contribution in [2.24, 2.45) is 0 Å². The minimum Gasteiger partial charge on any atom is -0.339 e. The van der Waals surface area contributed by atoms with Crippen LogP contribution in [0.2, 0.25) is 0 Å². The van der Waals surface area contributed by atoms with Crippen molar-refractivity contribution >= 4 is 5.91 Å². The van der Waals surface area contributed by atoms with E-state index >= 15 is 0 Å². The van der Waals surface area contributed by atoms with Gasteiger partial charge in [0.25, 0.3) is 0 Å². The molecule has 1 saturated heterocycles. The second-order valence-electron chi connectivity index (χ2n) is 6.14. The summed E-state index contributed by atoms with van der Waals surface area (Å²) in [6, 6.07) is 4.69. The predicted molar refractivity (Wildman–Crippen MR) is 85.0 cm³/mol. The number of carbonyl (C=O) groups excluding carboxylic acids is 1. The average molecular weight is 289 g/mol. The van der Waals surface area contributed by atoms with E-state index in [0.717, 1.165) is 19.5 Å². The normalized spacial score (nSPS) is 18.7. The Hall–Kier alpha value is -1.42. The number of nitrogens with one attached hydrogen (secondary N) is 1. The van der Waals surface area contributed by atoms with Gasteiger partial charge in [0.1, 0.15) is 0 Å². The van der Waals surface area contributed by atoms with Crippen molar-refractivity contribution in [1.29, 1.82) is 0 Å². The maximum atomic E-state index is 12.5. The molecular formula is C17H27N3O. The van der Waals surface area contributed by atoms with Gasteiger partial charge in [0, 0.05) is 37.4 Å². The van der Waals surface area contributed by atoms with Gasteiger partial charge in [-0.3, -0.25) is 9.78 Å². The fraction of sp³-hybridized carbons (Fsp3) is 0.647. The highest BCUT2D eigenvalue weighted by molar-refractivity contribution is 5.76. The van der Waals surface area contributed by atoms with Crippen LogP contribution in [0.1, 0.15) is 45.1 Å². The summed E-state index contributed by atoms with van der Waals surface area (Å²) in [6.45, 7) is 6.13. The number of aromatic nitrogens is 1. The summed E-state index contributed by atoms with van der Waals surface area (Å²) in [7, 11) is 0. The summed E-state index contributed by atoms with van der Waals surface area (Å²) in [6.07, 6.45) is 8.65. The van der Waals surface area contributed by atoms with E-state index in [2.05, 4.69) is 24.1 Å². The molecule has 1 aliphatic heterocycles. The van der Waals surface area contributed by atoms with E-state index in [-0.39, 0.29) is 11.9 Å². The Kier molecular flexibility index (Phi) is 6.18. The zero-order valence-electron chi connectivity index (χ0n) is 13.2. The van der Waals surface area contributed by atoms with Gasteiger partial charge in [0.2, 0.25) is 5.91 Å². The van der Waals surface area contributed by atoms with Gasteiger partial charge in [-0.25, -0.2) is 0 Å². The molecule has 0 spiro atoms. The van der Waals surface area contributed by atoms with E-state index in [9.17, 15) is 4.79 Å². The van der Waals surface area contributed by atoms with Crippen molar-refractivity contribution in [3.63, 3.8) is 0 Å². The molecule has 1 fully saturated rings. The van der Waals surface area contributed by atoms with Crippen molar-refractivity contribution in [3.8, 4) is 0 Å². The monoisotopic (exact) mass is 289 g/mol. The van der Waals surface area contributed by atoms with Crippen molar-refractivity contribution in [1.82, 2.24) is 15.2 Å². The summed E-state index contributed by atoms with van der Waals surface area (Å²) in [5.74, 6) is 0.259. The third kappa shape index (κ3) is 5.12. The van der Waals surface area contributed by atoms with Gasteiger partial charge in [-0.05, 0) is 57.4 Å². The number of rotatable bonds is 6. The molecule has 1 aromatic heterocycles. The lowest BCUT2D eigenvalue weighted by Crippen LogP contribution is -2.48. The number of pyridine rings is 1. The molecule has 1 amide bonds. The van der Waals surface area contributed by atoms with Crippen LogP contribution in [0.5, 0.6) is 0 Å². The minimum absolute atomic E-state index is 0.259. The predicted octanol–water partition coefficient (Wildman–Crippen LogP) is 2.39. The number of piperidine rings is 1. The topological polar surface area (TPSA) is 45.2 Å². The molecule has 1 aromatic rings. The fourth-order valence-corrected chi connectivity index (χ4v) is 2.86. The molecule has 0 aromatic carbocycles. The van der Waals surface area contributed by atoms with E-state index < -0.39 is 0 Å². The lowest BCUT2D eigenvalue weighted by Gasteiger charge is -2.33. The van der Waals surface area contributed by atoms with E-state index in [1.807, 2.05) is 17.0 Å². The SMILES string of the molecule is CC(C)N(CC1CCCCN1)C(=O)CCc1ccncc1. The summed E-state index contributed by atoms with van der Waals surface area (Å²) < 4.78 is 0. The molecule has 21 heavy (non-hydrogen) atoms. The maximum Gasteiger partial charge on any atom is 0.223 e. The molecule has 0 bridgehead atoms. The van der Waals surface area contributed by atoms with Crippen LogP contribution < -0.4 is 5.32 Å². The molecule has 0 saturated carbocycles. The Morgan fingerprint density at radius 2 is 2.14 bits per heavy atom. The van der Waals surface area contributed by atoms with E-state index in [1.54, 1.807) is 12.4 Å². The van der Waals surface area contributed by atoms with Crippen LogP contribution in [0.25, 0.3) is 0 Å². The molecule has 0 aliphatic carbocycles. The van der Waals surface area contributed by atoms with E-state index in [1.165, 1.54) is 24.8 Å². The molecule has 2 rings (SSSR count). The van der Waals surface area contributed by atoms with Crippen LogP contribution in [0.4, 0.5) is 0 Å². The Balaban J connectivity index is 1.86. The number of nitrogens with zero attached hydrogens (tertiary/aromatic N) is 2. The highest BCUT2D eigenvalue weighted by Gasteiger charge is 2.22. The van der Waals surface area contributed by atoms with Crippen LogP contribution in [0.15, 0.2) is 24.5 Å². The second kappa shape index (κ2) is 8.13. The highest BCUT2D eigenvalue weighted by atomic mass is 16.2. The summed E-state index contributed by atoms with van der Waals surface area (Å²) in [5.41, 5.74) is 1.18. The average Bonchev–Trinajstić information content (AvgIpc) is 2.52. The van der Waals surface area contributed by atoms with Gasteiger partial charge in [0.15, 0.2) is 0 Å². The van der Waals surface area contributed by atoms with Crippen LogP contribution in [-0.4, -0.2) is 41.0 Å². The van der Waals surface area contributed by atoms with Crippen LogP contribution in [0.3, 0.4) is 0 Å². The van der Waals surface area contributed by atoms with Gasteiger partial charge in [-0.2, -0.15) is 0 Å². The summed E-state index contributed by atoms with van der Waals surface area (Å²) in [4.78, 5) is 18.6. The molecule has 1 unspecified atom stereocenters. The fourth-order valence-electron chi connectivity index (χ4n) is 2.86. The lowest BCUT2D eigenvalue weighted by atomic mass is 10.0. The Morgan fingerprint density at radius 1 is 1.38 bits per heavy atom. The Morgan fingerprint density at radius 3 is 2.76 bits per heavy atom. The first-order valence-electron chi connectivity index (χ1n) is 8.08. The van der Waals surface area contributed by atoms with Gasteiger partial charge in [0.05, 0.1) is 0 Å². The quantitative estimate of drug-likeness (QED) is 0.874. The Labute approximate surface area is 127 Å². The molecule has 1 aliphatic rings. The molecule has 116 valence electrons. The van der Waals surface area contributed by atoms with Crippen molar-refractivity contribution < 1.29 is 4.79 Å². The zero-order chi connectivity index (χ0) is 15.1. The molecule has 1 N–H and O–H groups in total. The van der Waals surface area contributed by atoms with E-state index in [4.69, 9.17) is 0 Å². The summed E-state index contributed by atoms with van der Waals surface area (Å²) >= 11 is 0. The largest absolute Gasteiger partial charge is 0.339 e. The van der Waals surface area contributed by atoms with E-state index in [0.29, 0.717) is 12.5 Å². The van der Waals surface area contributed by atoms with Gasteiger partial charge in [-0.1, -0.05) is 6.42 Å². The first-order valence-corrected chi connectivity index (χ1v) is 8.08. The zero-order valence-corrected chi connectivity index (χ0v) is 13.2. The highest BCUT2D eigenvalue weighted by Crippen LogP contribution is 2.12. The Bertz CT molecular complexity index is 427. The second-order valence-corrected chi connectivity index (χ2v) is 6.14. The number of amides is 1. The molecule has 0 radical (unpaired) electrons. The number of carbonyl (C=O) groups is 1. The van der Waals surface area contributed by atoms with Gasteiger partial charge < -0.3 is 10.2 Å². The van der Waals surface area contributed by atoms with Crippen molar-refractivity contribution in [3.05, 3.63) is 30.1 Å². The van der Waals surface area contributed by atoms with Gasteiger partial charge in [-0.15, -0.1) is 0 Å². The van der Waals surface area contributed by atoms with Crippen molar-refractivity contribution in [2.75, 3.05) is 13.1 Å². The molecular weight excluding hydrogens is 262 g/mol. The number of hydrogen-bond donors (Lipinski definition) is 1. The van der Waals surface area contributed by atoms with Crippen LogP contribution >= 0.6 is 0 Å². The molecule has 4 heteroatoms. The standard InChI is InChI=1S/C17H27N3O/c1-14(2)20(13-16-5-3-4-10-19-16)17(21)7-6-15-8-11-18-12-9-15/h8-9,11-12,14,16,19H,3-7,10,13H2,1-2H3. The van der Waals surface area contributed by atoms with Crippen LogP contribution in [0, 0.1) is 0 Å². The summed E-state index contributed by atoms with van der Waals surface area (Å²) in [5, 5.41) is 3.53. The van der Waals surface area contributed by atoms with Crippen molar-refractivity contribution in [2.45, 2.75) is 58.0 Å². The minimum atomic E-state index is 0.259. The first-order chi connectivity index (χ1) is 10.2. The molecule has 4 nitrogen and oxygen atoms in total. The first kappa shape index (κ1) is 16.0. The van der Waals surface area contributed by atoms with Gasteiger partial charge >= 0.3 is 0 Å². The smallest absolute Gasteiger partial charge is 0.223 e. The van der Waals surface area contributed by atoms with Crippen LogP contribution in [-0.2, 0) is 11.2 Å². The third-order valence-electron chi connectivity index (χ3n) is 4.15. The number of aryl methyl sites for hydroxylation is 1. The maximum absolute atomic E-state index is 12.5.